The van der Waals surface area contributed by atoms with Gasteiger partial charge in [-0.2, -0.15) is 5.10 Å². The van der Waals surface area contributed by atoms with Gasteiger partial charge in [-0.3, -0.25) is 4.79 Å². The summed E-state index contributed by atoms with van der Waals surface area (Å²) in [6.07, 6.45) is 1.90. The molecule has 5 heteroatoms. The first-order valence-electron chi connectivity index (χ1n) is 8.41. The van der Waals surface area contributed by atoms with Crippen molar-refractivity contribution in [3.05, 3.63) is 70.3 Å². The highest BCUT2D eigenvalue weighted by molar-refractivity contribution is 8.00. The van der Waals surface area contributed by atoms with Crippen LogP contribution < -0.4 is 5.43 Å². The predicted molar refractivity (Wildman–Crippen MR) is 111 cm³/mol. The average Bonchev–Trinajstić information content (AvgIpc) is 2.94. The number of halogens is 1. The lowest BCUT2D eigenvalue weighted by atomic mass is 9.86. The minimum atomic E-state index is -0.156. The SMILES string of the molecule is CC(C)(C)c1ccc(C=C2C(=O)NN=C2CSc2ccc(Cl)cc2)cc1. The second-order valence-electron chi connectivity index (χ2n) is 7.17. The third-order valence-corrected chi connectivity index (χ3v) is 5.40. The summed E-state index contributed by atoms with van der Waals surface area (Å²) in [5.74, 6) is 0.461. The van der Waals surface area contributed by atoms with Crippen molar-refractivity contribution in [1.29, 1.82) is 0 Å². The van der Waals surface area contributed by atoms with E-state index in [-0.39, 0.29) is 11.3 Å². The molecule has 0 aliphatic carbocycles. The fourth-order valence-corrected chi connectivity index (χ4v) is 3.54. The van der Waals surface area contributed by atoms with Gasteiger partial charge >= 0.3 is 0 Å². The molecule has 3 rings (SSSR count). The minimum Gasteiger partial charge on any atom is -0.267 e. The molecule has 134 valence electrons. The van der Waals surface area contributed by atoms with Crippen LogP contribution in [0.15, 0.2) is 64.1 Å². The van der Waals surface area contributed by atoms with Gasteiger partial charge in [0.05, 0.1) is 11.3 Å². The number of thioether (sulfide) groups is 1. The monoisotopic (exact) mass is 384 g/mol. The molecule has 1 aliphatic heterocycles. The van der Waals surface area contributed by atoms with Gasteiger partial charge in [-0.25, -0.2) is 5.43 Å². The lowest BCUT2D eigenvalue weighted by molar-refractivity contribution is -0.116. The first-order valence-corrected chi connectivity index (χ1v) is 9.77. The van der Waals surface area contributed by atoms with Crippen LogP contribution in [0.3, 0.4) is 0 Å². The van der Waals surface area contributed by atoms with E-state index in [2.05, 4.69) is 43.4 Å². The second-order valence-corrected chi connectivity index (χ2v) is 8.66. The van der Waals surface area contributed by atoms with Gasteiger partial charge in [0.25, 0.3) is 5.91 Å². The lowest BCUT2D eigenvalue weighted by Crippen LogP contribution is -2.14. The highest BCUT2D eigenvalue weighted by Crippen LogP contribution is 2.25. The third-order valence-electron chi connectivity index (χ3n) is 4.12. The Morgan fingerprint density at radius 1 is 1.08 bits per heavy atom. The van der Waals surface area contributed by atoms with E-state index in [4.69, 9.17) is 11.6 Å². The van der Waals surface area contributed by atoms with Crippen LogP contribution in [0.4, 0.5) is 0 Å². The van der Waals surface area contributed by atoms with Gasteiger partial charge in [0.2, 0.25) is 0 Å². The Morgan fingerprint density at radius 3 is 2.35 bits per heavy atom. The molecule has 1 amide bonds. The van der Waals surface area contributed by atoms with Crippen molar-refractivity contribution in [2.24, 2.45) is 5.10 Å². The van der Waals surface area contributed by atoms with E-state index in [9.17, 15) is 4.79 Å². The third kappa shape index (κ3) is 4.57. The number of nitrogens with zero attached hydrogens (tertiary/aromatic N) is 1. The summed E-state index contributed by atoms with van der Waals surface area (Å²) < 4.78 is 0. The number of benzene rings is 2. The van der Waals surface area contributed by atoms with Crippen molar-refractivity contribution < 1.29 is 4.79 Å². The molecule has 3 nitrogen and oxygen atoms in total. The molecule has 0 fully saturated rings. The summed E-state index contributed by atoms with van der Waals surface area (Å²) in [4.78, 5) is 13.2. The highest BCUT2D eigenvalue weighted by Gasteiger charge is 2.22. The van der Waals surface area contributed by atoms with Gasteiger partial charge in [0.15, 0.2) is 0 Å². The van der Waals surface area contributed by atoms with Crippen molar-refractivity contribution >= 4 is 41.1 Å². The van der Waals surface area contributed by atoms with E-state index in [1.54, 1.807) is 11.8 Å². The first-order chi connectivity index (χ1) is 12.3. The van der Waals surface area contributed by atoms with Crippen LogP contribution in [0, 0.1) is 0 Å². The van der Waals surface area contributed by atoms with Gasteiger partial charge in [-0.05, 0) is 46.9 Å². The predicted octanol–water partition coefficient (Wildman–Crippen LogP) is 5.30. The van der Waals surface area contributed by atoms with Crippen LogP contribution in [0.1, 0.15) is 31.9 Å². The van der Waals surface area contributed by atoms with E-state index < -0.39 is 0 Å². The number of amides is 1. The maximum atomic E-state index is 12.2. The number of hydrogen-bond acceptors (Lipinski definition) is 3. The second kappa shape index (κ2) is 7.68. The minimum absolute atomic E-state index is 0.109. The fraction of sp³-hybridized carbons (Fsp3) is 0.238. The Kier molecular flexibility index (Phi) is 5.54. The zero-order chi connectivity index (χ0) is 18.7. The number of nitrogens with one attached hydrogen (secondary N) is 1. The summed E-state index contributed by atoms with van der Waals surface area (Å²) in [5, 5.41) is 4.90. The molecular weight excluding hydrogens is 364 g/mol. The van der Waals surface area contributed by atoms with Crippen LogP contribution in [-0.4, -0.2) is 17.4 Å². The topological polar surface area (TPSA) is 41.5 Å². The molecule has 0 bridgehead atoms. The van der Waals surface area contributed by atoms with E-state index in [1.165, 1.54) is 5.56 Å². The summed E-state index contributed by atoms with van der Waals surface area (Å²) in [6, 6.07) is 16.0. The van der Waals surface area contributed by atoms with E-state index in [0.717, 1.165) is 16.2 Å². The van der Waals surface area contributed by atoms with Crippen molar-refractivity contribution in [1.82, 2.24) is 5.43 Å². The Balaban J connectivity index is 1.74. The van der Waals surface area contributed by atoms with Crippen molar-refractivity contribution in [3.63, 3.8) is 0 Å². The van der Waals surface area contributed by atoms with Gasteiger partial charge in [-0.15, -0.1) is 11.8 Å². The van der Waals surface area contributed by atoms with E-state index in [0.29, 0.717) is 16.3 Å². The Morgan fingerprint density at radius 2 is 1.73 bits per heavy atom. The Labute approximate surface area is 163 Å². The summed E-state index contributed by atoms with van der Waals surface area (Å²) in [7, 11) is 0. The van der Waals surface area contributed by atoms with Crippen LogP contribution in [0.2, 0.25) is 5.02 Å². The van der Waals surface area contributed by atoms with Crippen LogP contribution in [-0.2, 0) is 10.2 Å². The van der Waals surface area contributed by atoms with Crippen LogP contribution >= 0.6 is 23.4 Å². The summed E-state index contributed by atoms with van der Waals surface area (Å²) in [5.41, 5.74) is 6.32. The molecule has 2 aromatic carbocycles. The maximum Gasteiger partial charge on any atom is 0.273 e. The molecule has 2 aromatic rings. The Hall–Kier alpha value is -2.04. The number of carbonyl (C=O) groups excluding carboxylic acids is 1. The molecule has 0 unspecified atom stereocenters. The van der Waals surface area contributed by atoms with Gasteiger partial charge < -0.3 is 0 Å². The zero-order valence-corrected chi connectivity index (χ0v) is 16.6. The summed E-state index contributed by atoms with van der Waals surface area (Å²) >= 11 is 7.54. The molecular formula is C21H21ClN2OS. The number of hydrazone groups is 1. The molecule has 0 aromatic heterocycles. The number of rotatable bonds is 4. The van der Waals surface area contributed by atoms with Crippen molar-refractivity contribution in [2.75, 3.05) is 5.75 Å². The van der Waals surface area contributed by atoms with Gasteiger partial charge in [-0.1, -0.05) is 56.6 Å². The number of hydrogen-bond donors (Lipinski definition) is 1. The first kappa shape index (κ1) is 18.7. The molecule has 1 aliphatic rings. The van der Waals surface area contributed by atoms with Gasteiger partial charge in [0, 0.05) is 15.7 Å². The van der Waals surface area contributed by atoms with Crippen LogP contribution in [0.25, 0.3) is 6.08 Å². The highest BCUT2D eigenvalue weighted by atomic mass is 35.5. The fourth-order valence-electron chi connectivity index (χ4n) is 2.56. The lowest BCUT2D eigenvalue weighted by Gasteiger charge is -2.18. The molecule has 1 N–H and O–H groups in total. The molecule has 0 saturated carbocycles. The van der Waals surface area contributed by atoms with Crippen molar-refractivity contribution in [2.45, 2.75) is 31.1 Å². The molecule has 0 radical (unpaired) electrons. The zero-order valence-electron chi connectivity index (χ0n) is 15.0. The molecule has 0 spiro atoms. The van der Waals surface area contributed by atoms with E-state index in [1.807, 2.05) is 42.5 Å². The van der Waals surface area contributed by atoms with Crippen LogP contribution in [0.5, 0.6) is 0 Å². The quantitative estimate of drug-likeness (QED) is 0.574. The maximum absolute atomic E-state index is 12.2. The molecule has 0 atom stereocenters. The standard InChI is InChI=1S/C21H21ClN2OS/c1-21(2,3)15-6-4-14(5-7-15)12-18-19(23-24-20(18)25)13-26-17-10-8-16(22)9-11-17/h4-12H,13H2,1-3H3,(H,24,25). The smallest absolute Gasteiger partial charge is 0.267 e. The van der Waals surface area contributed by atoms with Gasteiger partial charge in [0.1, 0.15) is 0 Å². The largest absolute Gasteiger partial charge is 0.273 e. The molecule has 1 heterocycles. The normalized spacial score (nSPS) is 15.9. The molecule has 0 saturated heterocycles. The Bertz CT molecular complexity index is 862. The molecule has 26 heavy (non-hydrogen) atoms. The van der Waals surface area contributed by atoms with E-state index >= 15 is 0 Å². The average molecular weight is 385 g/mol. The summed E-state index contributed by atoms with van der Waals surface area (Å²) in [6.45, 7) is 6.55. The number of carbonyl (C=O) groups is 1. The van der Waals surface area contributed by atoms with Crippen molar-refractivity contribution in [3.8, 4) is 0 Å².